The predicted octanol–water partition coefficient (Wildman–Crippen LogP) is 5.17. The quantitative estimate of drug-likeness (QED) is 0.446. The third-order valence-electron chi connectivity index (χ3n) is 3.67. The molecule has 0 fully saturated rings. The van der Waals surface area contributed by atoms with Gasteiger partial charge in [0.15, 0.2) is 0 Å². The second kappa shape index (κ2) is 9.17. The molecule has 2 nitrogen and oxygen atoms in total. The van der Waals surface area contributed by atoms with E-state index in [1.54, 1.807) is 0 Å². The van der Waals surface area contributed by atoms with Crippen LogP contribution < -0.4 is 0 Å². The molecule has 0 bridgehead atoms. The van der Waals surface area contributed by atoms with Crippen LogP contribution in [0.5, 0.6) is 0 Å². The minimum absolute atomic E-state index is 0.0366. The van der Waals surface area contributed by atoms with E-state index in [0.29, 0.717) is 6.42 Å². The number of ether oxygens (including phenoxy) is 1. The normalized spacial score (nSPS) is 23.8. The summed E-state index contributed by atoms with van der Waals surface area (Å²) in [5, 5.41) is 0. The van der Waals surface area contributed by atoms with Crippen molar-refractivity contribution in [2.24, 2.45) is 0 Å². The van der Waals surface area contributed by atoms with Gasteiger partial charge in [0.25, 0.3) is 0 Å². The molecule has 0 amide bonds. The third kappa shape index (κ3) is 8.85. The molecule has 0 aliphatic carbocycles. The van der Waals surface area contributed by atoms with Crippen LogP contribution in [0, 0.1) is 0 Å². The van der Waals surface area contributed by atoms with E-state index >= 15 is 0 Å². The lowest BCUT2D eigenvalue weighted by molar-refractivity contribution is -0.156. The highest BCUT2D eigenvalue weighted by molar-refractivity contribution is 5.69. The van der Waals surface area contributed by atoms with Crippen LogP contribution >= 0.6 is 0 Å². The lowest BCUT2D eigenvalue weighted by Gasteiger charge is -2.23. The molecule has 0 saturated heterocycles. The van der Waals surface area contributed by atoms with Crippen molar-refractivity contribution >= 4 is 5.97 Å². The highest BCUT2D eigenvalue weighted by Crippen LogP contribution is 2.18. The smallest absolute Gasteiger partial charge is 0.306 e. The van der Waals surface area contributed by atoms with Gasteiger partial charge in [-0.15, -0.1) is 0 Å². The molecule has 2 heteroatoms. The zero-order valence-electron chi connectivity index (χ0n) is 12.7. The zero-order chi connectivity index (χ0) is 14.0. The number of esters is 1. The van der Waals surface area contributed by atoms with Crippen LogP contribution in [-0.4, -0.2) is 11.6 Å². The molecule has 0 aromatic carbocycles. The van der Waals surface area contributed by atoms with E-state index in [1.165, 1.54) is 38.5 Å². The molecule has 1 rings (SSSR count). The van der Waals surface area contributed by atoms with Crippen molar-refractivity contribution in [1.29, 1.82) is 0 Å². The van der Waals surface area contributed by atoms with E-state index < -0.39 is 0 Å². The van der Waals surface area contributed by atoms with Gasteiger partial charge < -0.3 is 4.74 Å². The van der Waals surface area contributed by atoms with Crippen molar-refractivity contribution in [2.45, 2.75) is 90.1 Å². The SMILES string of the molecule is CC1(C)CC=CCCCCCCCCCCC(=O)O1. The van der Waals surface area contributed by atoms with E-state index in [9.17, 15) is 4.79 Å². The molecule has 1 heterocycles. The summed E-state index contributed by atoms with van der Waals surface area (Å²) in [7, 11) is 0. The Bertz CT molecular complexity index is 279. The fraction of sp³-hybridized carbons (Fsp3) is 0.824. The van der Waals surface area contributed by atoms with Gasteiger partial charge in [0.2, 0.25) is 0 Å². The highest BCUT2D eigenvalue weighted by Gasteiger charge is 2.20. The fourth-order valence-corrected chi connectivity index (χ4v) is 2.48. The molecule has 1 aliphatic rings. The van der Waals surface area contributed by atoms with E-state index in [1.807, 2.05) is 13.8 Å². The molecule has 0 aromatic rings. The minimum Gasteiger partial charge on any atom is -0.459 e. The molecule has 0 aromatic heterocycles. The maximum Gasteiger partial charge on any atom is 0.306 e. The van der Waals surface area contributed by atoms with E-state index in [0.717, 1.165) is 25.7 Å². The van der Waals surface area contributed by atoms with Crippen LogP contribution in [0.2, 0.25) is 0 Å². The van der Waals surface area contributed by atoms with Gasteiger partial charge in [-0.2, -0.15) is 0 Å². The first kappa shape index (κ1) is 16.3. The highest BCUT2D eigenvalue weighted by atomic mass is 16.6. The van der Waals surface area contributed by atoms with Gasteiger partial charge in [-0.1, -0.05) is 50.7 Å². The Morgan fingerprint density at radius 3 is 2.16 bits per heavy atom. The minimum atomic E-state index is -0.356. The summed E-state index contributed by atoms with van der Waals surface area (Å²) in [6, 6.07) is 0. The van der Waals surface area contributed by atoms with Crippen LogP contribution in [0.4, 0.5) is 0 Å². The summed E-state index contributed by atoms with van der Waals surface area (Å²) in [5.41, 5.74) is -0.356. The molecule has 0 saturated carbocycles. The molecule has 0 N–H and O–H groups in total. The van der Waals surface area contributed by atoms with Crippen molar-refractivity contribution < 1.29 is 9.53 Å². The summed E-state index contributed by atoms with van der Waals surface area (Å²) in [6.45, 7) is 4.00. The predicted molar refractivity (Wildman–Crippen MR) is 80.1 cm³/mol. The monoisotopic (exact) mass is 266 g/mol. The average molecular weight is 266 g/mol. The first-order valence-electron chi connectivity index (χ1n) is 7.97. The molecule has 0 atom stereocenters. The Labute approximate surface area is 118 Å². The molecule has 110 valence electrons. The third-order valence-corrected chi connectivity index (χ3v) is 3.67. The topological polar surface area (TPSA) is 26.3 Å². The summed E-state index contributed by atoms with van der Waals surface area (Å²) in [4.78, 5) is 11.7. The van der Waals surface area contributed by atoms with Gasteiger partial charge in [0.05, 0.1) is 0 Å². The van der Waals surface area contributed by atoms with Gasteiger partial charge >= 0.3 is 5.97 Å². The number of rotatable bonds is 0. The average Bonchev–Trinajstić information content (AvgIpc) is 2.33. The summed E-state index contributed by atoms with van der Waals surface area (Å²) in [6.07, 6.45) is 17.0. The Balaban J connectivity index is 2.41. The van der Waals surface area contributed by atoms with Gasteiger partial charge in [-0.3, -0.25) is 4.79 Å². The molecule has 0 unspecified atom stereocenters. The second-order valence-electron chi connectivity index (χ2n) is 6.28. The molecule has 1 aliphatic heterocycles. The van der Waals surface area contributed by atoms with Crippen molar-refractivity contribution in [3.8, 4) is 0 Å². The number of cyclic esters (lactones) is 1. The maximum atomic E-state index is 11.7. The number of hydrogen-bond donors (Lipinski definition) is 0. The molecule has 0 radical (unpaired) electrons. The zero-order valence-corrected chi connectivity index (χ0v) is 12.7. The van der Waals surface area contributed by atoms with Gasteiger partial charge in [-0.25, -0.2) is 0 Å². The maximum absolute atomic E-state index is 11.7. The van der Waals surface area contributed by atoms with Gasteiger partial charge in [0, 0.05) is 12.8 Å². The van der Waals surface area contributed by atoms with Gasteiger partial charge in [0.1, 0.15) is 5.60 Å². The van der Waals surface area contributed by atoms with Crippen molar-refractivity contribution in [1.82, 2.24) is 0 Å². The lowest BCUT2D eigenvalue weighted by atomic mass is 10.0. The Hall–Kier alpha value is -0.790. The molecule has 0 spiro atoms. The van der Waals surface area contributed by atoms with Gasteiger partial charge in [-0.05, 0) is 33.1 Å². The van der Waals surface area contributed by atoms with Crippen LogP contribution in [-0.2, 0) is 9.53 Å². The largest absolute Gasteiger partial charge is 0.459 e. The molecular weight excluding hydrogens is 236 g/mol. The Morgan fingerprint density at radius 2 is 1.47 bits per heavy atom. The summed E-state index contributed by atoms with van der Waals surface area (Å²) in [5.74, 6) is -0.0366. The van der Waals surface area contributed by atoms with E-state index in [-0.39, 0.29) is 11.6 Å². The fourth-order valence-electron chi connectivity index (χ4n) is 2.48. The number of carbonyl (C=O) groups excluding carboxylic acids is 1. The Kier molecular flexibility index (Phi) is 7.85. The second-order valence-corrected chi connectivity index (χ2v) is 6.28. The number of carbonyl (C=O) groups is 1. The standard InChI is InChI=1S/C17H30O2/c1-17(2)15-13-11-9-7-5-3-4-6-8-10-12-14-16(18)19-17/h11,13H,3-10,12,14-15H2,1-2H3. The van der Waals surface area contributed by atoms with Crippen LogP contribution in [0.3, 0.4) is 0 Å². The Morgan fingerprint density at radius 1 is 0.895 bits per heavy atom. The molecular formula is C17H30O2. The van der Waals surface area contributed by atoms with E-state index in [2.05, 4.69) is 12.2 Å². The molecule has 19 heavy (non-hydrogen) atoms. The summed E-state index contributed by atoms with van der Waals surface area (Å²) < 4.78 is 5.55. The van der Waals surface area contributed by atoms with E-state index in [4.69, 9.17) is 4.74 Å². The summed E-state index contributed by atoms with van der Waals surface area (Å²) >= 11 is 0. The van der Waals surface area contributed by atoms with Crippen molar-refractivity contribution in [2.75, 3.05) is 0 Å². The first-order valence-corrected chi connectivity index (χ1v) is 7.97. The number of allylic oxidation sites excluding steroid dienone is 1. The number of hydrogen-bond acceptors (Lipinski definition) is 2. The lowest BCUT2D eigenvalue weighted by Crippen LogP contribution is -2.27. The van der Waals surface area contributed by atoms with Crippen LogP contribution in [0.15, 0.2) is 12.2 Å². The van der Waals surface area contributed by atoms with Crippen molar-refractivity contribution in [3.05, 3.63) is 12.2 Å². The first-order chi connectivity index (χ1) is 9.10. The van der Waals surface area contributed by atoms with Crippen LogP contribution in [0.1, 0.15) is 84.5 Å². The van der Waals surface area contributed by atoms with Crippen LogP contribution in [0.25, 0.3) is 0 Å². The van der Waals surface area contributed by atoms with Crippen molar-refractivity contribution in [3.63, 3.8) is 0 Å².